The Morgan fingerprint density at radius 1 is 1.21 bits per heavy atom. The fraction of sp³-hybridized carbons (Fsp3) is 0.316. The molecule has 0 aromatic heterocycles. The second-order valence-electron chi connectivity index (χ2n) is 6.06. The number of carbonyl (C=O) groups excluding carboxylic acids is 1. The molecule has 0 radical (unpaired) electrons. The van der Waals surface area contributed by atoms with Crippen molar-refractivity contribution in [2.75, 3.05) is 7.11 Å². The zero-order chi connectivity index (χ0) is 17.1. The highest BCUT2D eigenvalue weighted by atomic mass is 16.5. The van der Waals surface area contributed by atoms with Crippen LogP contribution in [0.2, 0.25) is 0 Å². The van der Waals surface area contributed by atoms with E-state index in [0.717, 1.165) is 24.0 Å². The highest BCUT2D eigenvalue weighted by Gasteiger charge is 2.31. The number of phenols is 2. The third-order valence-corrected chi connectivity index (χ3v) is 4.49. The molecule has 5 nitrogen and oxygen atoms in total. The van der Waals surface area contributed by atoms with Crippen LogP contribution in [-0.4, -0.2) is 29.3 Å². The molecule has 0 saturated heterocycles. The van der Waals surface area contributed by atoms with Gasteiger partial charge in [0.1, 0.15) is 6.04 Å². The lowest BCUT2D eigenvalue weighted by atomic mass is 9.87. The number of hydrogen-bond donors (Lipinski definition) is 3. The van der Waals surface area contributed by atoms with Crippen molar-refractivity contribution in [3.05, 3.63) is 59.2 Å². The van der Waals surface area contributed by atoms with Gasteiger partial charge in [0.2, 0.25) is 0 Å². The summed E-state index contributed by atoms with van der Waals surface area (Å²) in [5.41, 5.74) is 2.99. The van der Waals surface area contributed by atoms with Gasteiger partial charge in [0.15, 0.2) is 11.5 Å². The molecule has 0 saturated carbocycles. The summed E-state index contributed by atoms with van der Waals surface area (Å²) < 4.78 is 4.86. The zero-order valence-electron chi connectivity index (χ0n) is 13.5. The summed E-state index contributed by atoms with van der Waals surface area (Å²) in [6, 6.07) is 12.7. The number of methoxy groups -OCH3 is 1. The number of fused-ring (bicyclic) bond motifs is 1. The van der Waals surface area contributed by atoms with Gasteiger partial charge in [-0.05, 0) is 48.1 Å². The molecule has 3 N–H and O–H groups in total. The molecule has 5 heteroatoms. The van der Waals surface area contributed by atoms with Crippen molar-refractivity contribution in [3.63, 3.8) is 0 Å². The van der Waals surface area contributed by atoms with E-state index in [1.165, 1.54) is 18.7 Å². The summed E-state index contributed by atoms with van der Waals surface area (Å²) in [4.78, 5) is 12.0. The minimum atomic E-state index is -0.452. The van der Waals surface area contributed by atoms with E-state index in [0.29, 0.717) is 6.42 Å². The second-order valence-corrected chi connectivity index (χ2v) is 6.06. The first-order chi connectivity index (χ1) is 11.6. The number of rotatable bonds is 4. The van der Waals surface area contributed by atoms with E-state index in [1.807, 2.05) is 18.2 Å². The van der Waals surface area contributed by atoms with Crippen LogP contribution in [0.4, 0.5) is 0 Å². The molecule has 2 atom stereocenters. The van der Waals surface area contributed by atoms with Crippen molar-refractivity contribution >= 4 is 5.97 Å². The van der Waals surface area contributed by atoms with E-state index < -0.39 is 6.04 Å². The lowest BCUT2D eigenvalue weighted by Crippen LogP contribution is -2.45. The molecule has 24 heavy (non-hydrogen) atoms. The topological polar surface area (TPSA) is 78.8 Å². The Labute approximate surface area is 140 Å². The van der Waals surface area contributed by atoms with E-state index in [1.54, 1.807) is 6.07 Å². The van der Waals surface area contributed by atoms with Crippen molar-refractivity contribution < 1.29 is 19.7 Å². The number of aromatic hydroxyl groups is 2. The first kappa shape index (κ1) is 16.3. The Balaban J connectivity index is 1.86. The largest absolute Gasteiger partial charge is 0.504 e. The average Bonchev–Trinajstić information content (AvgIpc) is 2.61. The molecule has 1 aliphatic heterocycles. The molecule has 2 aromatic rings. The van der Waals surface area contributed by atoms with E-state index >= 15 is 0 Å². The minimum Gasteiger partial charge on any atom is -0.504 e. The Morgan fingerprint density at radius 2 is 1.92 bits per heavy atom. The standard InChI is InChI=1S/C19H21NO4/c1-24-19(23)16-9-13-10-17(21)18(22)11-14(13)15(20-16)8-7-12-5-3-2-4-6-12/h2-6,10-11,15-16,20-22H,7-9H2,1H3/t15-,16-/m0/s1. The lowest BCUT2D eigenvalue weighted by Gasteiger charge is -2.32. The maximum atomic E-state index is 12.0. The molecular weight excluding hydrogens is 306 g/mol. The normalized spacial score (nSPS) is 19.5. The first-order valence-corrected chi connectivity index (χ1v) is 8.01. The molecular formula is C19H21NO4. The van der Waals surface area contributed by atoms with Crippen LogP contribution in [-0.2, 0) is 22.4 Å². The Bertz CT molecular complexity index is 730. The van der Waals surface area contributed by atoms with Crippen molar-refractivity contribution in [1.82, 2.24) is 5.32 Å². The number of esters is 1. The average molecular weight is 327 g/mol. The summed E-state index contributed by atoms with van der Waals surface area (Å²) in [7, 11) is 1.37. The smallest absolute Gasteiger partial charge is 0.323 e. The molecule has 0 amide bonds. The molecule has 126 valence electrons. The highest BCUT2D eigenvalue weighted by molar-refractivity contribution is 5.77. The van der Waals surface area contributed by atoms with Gasteiger partial charge in [0, 0.05) is 6.04 Å². The third-order valence-electron chi connectivity index (χ3n) is 4.49. The van der Waals surface area contributed by atoms with Crippen LogP contribution in [0.15, 0.2) is 42.5 Å². The van der Waals surface area contributed by atoms with Gasteiger partial charge in [-0.2, -0.15) is 0 Å². The van der Waals surface area contributed by atoms with Crippen LogP contribution < -0.4 is 5.32 Å². The van der Waals surface area contributed by atoms with Gasteiger partial charge >= 0.3 is 5.97 Å². The van der Waals surface area contributed by atoms with Crippen LogP contribution in [0.5, 0.6) is 11.5 Å². The Hall–Kier alpha value is -2.53. The van der Waals surface area contributed by atoms with Gasteiger partial charge < -0.3 is 14.9 Å². The van der Waals surface area contributed by atoms with Gasteiger partial charge in [-0.25, -0.2) is 0 Å². The molecule has 2 aromatic carbocycles. The third kappa shape index (κ3) is 3.36. The van der Waals surface area contributed by atoms with Crippen molar-refractivity contribution in [1.29, 1.82) is 0 Å². The van der Waals surface area contributed by atoms with Crippen molar-refractivity contribution in [3.8, 4) is 11.5 Å². The number of phenolic OH excluding ortho intramolecular Hbond substituents is 2. The molecule has 3 rings (SSSR count). The van der Waals surface area contributed by atoms with E-state index in [9.17, 15) is 15.0 Å². The Kier molecular flexibility index (Phi) is 4.71. The molecule has 1 aliphatic rings. The van der Waals surface area contributed by atoms with Gasteiger partial charge in [-0.15, -0.1) is 0 Å². The lowest BCUT2D eigenvalue weighted by molar-refractivity contribution is -0.143. The van der Waals surface area contributed by atoms with E-state index in [4.69, 9.17) is 4.74 Å². The molecule has 0 bridgehead atoms. The molecule has 0 spiro atoms. The summed E-state index contributed by atoms with van der Waals surface area (Å²) in [5, 5.41) is 22.9. The number of benzene rings is 2. The van der Waals surface area contributed by atoms with Crippen LogP contribution in [0.3, 0.4) is 0 Å². The molecule has 0 unspecified atom stereocenters. The van der Waals surface area contributed by atoms with E-state index in [-0.39, 0.29) is 23.5 Å². The van der Waals surface area contributed by atoms with Crippen LogP contribution in [0.25, 0.3) is 0 Å². The highest BCUT2D eigenvalue weighted by Crippen LogP contribution is 2.36. The number of nitrogens with one attached hydrogen (secondary N) is 1. The maximum absolute atomic E-state index is 12.0. The number of carbonyl (C=O) groups is 1. The maximum Gasteiger partial charge on any atom is 0.323 e. The monoisotopic (exact) mass is 327 g/mol. The Morgan fingerprint density at radius 3 is 2.62 bits per heavy atom. The molecule has 1 heterocycles. The second kappa shape index (κ2) is 6.93. The van der Waals surface area contributed by atoms with Gasteiger partial charge in [0.05, 0.1) is 7.11 Å². The molecule has 0 aliphatic carbocycles. The van der Waals surface area contributed by atoms with Crippen LogP contribution in [0, 0.1) is 0 Å². The fourth-order valence-electron chi connectivity index (χ4n) is 3.24. The van der Waals surface area contributed by atoms with Gasteiger partial charge in [0.25, 0.3) is 0 Å². The summed E-state index contributed by atoms with van der Waals surface area (Å²) >= 11 is 0. The fourth-order valence-corrected chi connectivity index (χ4v) is 3.24. The van der Waals surface area contributed by atoms with Crippen molar-refractivity contribution in [2.24, 2.45) is 0 Å². The van der Waals surface area contributed by atoms with Crippen LogP contribution >= 0.6 is 0 Å². The summed E-state index contributed by atoms with van der Waals surface area (Å²) in [6.07, 6.45) is 2.04. The van der Waals surface area contributed by atoms with E-state index in [2.05, 4.69) is 17.4 Å². The van der Waals surface area contributed by atoms with Gasteiger partial charge in [-0.1, -0.05) is 30.3 Å². The predicted molar refractivity (Wildman–Crippen MR) is 89.9 cm³/mol. The number of aryl methyl sites for hydroxylation is 1. The predicted octanol–water partition coefficient (Wildman–Crippen LogP) is 2.46. The first-order valence-electron chi connectivity index (χ1n) is 8.01. The van der Waals surface area contributed by atoms with Gasteiger partial charge in [-0.3, -0.25) is 10.1 Å². The number of hydrogen-bond acceptors (Lipinski definition) is 5. The SMILES string of the molecule is COC(=O)[C@@H]1Cc2cc(O)c(O)cc2[C@H](CCc2ccccc2)N1. The quantitative estimate of drug-likeness (QED) is 0.594. The van der Waals surface area contributed by atoms with Crippen molar-refractivity contribution in [2.45, 2.75) is 31.3 Å². The zero-order valence-corrected chi connectivity index (χ0v) is 13.5. The molecule has 0 fully saturated rings. The number of ether oxygens (including phenoxy) is 1. The summed E-state index contributed by atoms with van der Waals surface area (Å²) in [6.45, 7) is 0. The summed E-state index contributed by atoms with van der Waals surface area (Å²) in [5.74, 6) is -0.629. The minimum absolute atomic E-state index is 0.0930. The van der Waals surface area contributed by atoms with Crippen LogP contribution in [0.1, 0.15) is 29.2 Å².